The van der Waals surface area contributed by atoms with Gasteiger partial charge in [-0.2, -0.15) is 0 Å². The van der Waals surface area contributed by atoms with Crippen molar-refractivity contribution in [3.05, 3.63) is 35.5 Å². The molecule has 2 aromatic rings. The van der Waals surface area contributed by atoms with Crippen LogP contribution in [0.2, 0.25) is 0 Å². The van der Waals surface area contributed by atoms with Gasteiger partial charge in [0.2, 0.25) is 5.91 Å². The van der Waals surface area contributed by atoms with Crippen molar-refractivity contribution in [1.82, 2.24) is 20.2 Å². The van der Waals surface area contributed by atoms with E-state index >= 15 is 0 Å². The number of amides is 3. The van der Waals surface area contributed by atoms with Gasteiger partial charge in [0, 0.05) is 43.4 Å². The number of nitrogens with zero attached hydrogens (tertiary/aromatic N) is 4. The molecule has 2 N–H and O–H groups in total. The molecule has 3 amide bonds. The van der Waals surface area contributed by atoms with Crippen molar-refractivity contribution in [1.29, 1.82) is 0 Å². The number of carbonyl (C=O) groups is 2. The first-order chi connectivity index (χ1) is 15.5. The number of urea groups is 1. The van der Waals surface area contributed by atoms with Crippen LogP contribution in [-0.2, 0) is 22.5 Å². The number of carbonyl (C=O) groups excluding carboxylic acids is 2. The molecule has 1 aromatic heterocycles. The van der Waals surface area contributed by atoms with Crippen molar-refractivity contribution in [3.63, 3.8) is 0 Å². The molecule has 2 aliphatic heterocycles. The second-order valence-electron chi connectivity index (χ2n) is 8.17. The summed E-state index contributed by atoms with van der Waals surface area (Å²) in [7, 11) is 0. The topological polar surface area (TPSA) is 99.7 Å². The lowest BCUT2D eigenvalue weighted by Crippen LogP contribution is -2.45. The second-order valence-corrected chi connectivity index (χ2v) is 8.17. The minimum atomic E-state index is -0.238. The number of hydrogen-bond acceptors (Lipinski definition) is 6. The van der Waals surface area contributed by atoms with Crippen molar-refractivity contribution < 1.29 is 14.3 Å². The van der Waals surface area contributed by atoms with Crippen LogP contribution >= 0.6 is 0 Å². The predicted octanol–water partition coefficient (Wildman–Crippen LogP) is 2.41. The highest BCUT2D eigenvalue weighted by Gasteiger charge is 2.29. The fourth-order valence-electron chi connectivity index (χ4n) is 4.13. The third kappa shape index (κ3) is 4.67. The smallest absolute Gasteiger partial charge is 0.319 e. The van der Waals surface area contributed by atoms with Crippen LogP contribution in [0.3, 0.4) is 0 Å². The van der Waals surface area contributed by atoms with E-state index in [1.54, 1.807) is 6.92 Å². The van der Waals surface area contributed by atoms with E-state index < -0.39 is 0 Å². The molecule has 0 bridgehead atoms. The van der Waals surface area contributed by atoms with Gasteiger partial charge < -0.3 is 25.2 Å². The molecule has 1 aromatic carbocycles. The summed E-state index contributed by atoms with van der Waals surface area (Å²) in [5.41, 5.74) is 3.57. The Morgan fingerprint density at radius 3 is 2.66 bits per heavy atom. The SMILES string of the molecule is CCNC(=O)Nc1ccc(-c2nc3c(c(N4CCOCC4C)n2)CCN(C(C)=O)C3)cc1. The molecule has 3 heterocycles. The van der Waals surface area contributed by atoms with E-state index in [2.05, 4.69) is 22.5 Å². The number of morpholine rings is 1. The van der Waals surface area contributed by atoms with Gasteiger partial charge in [-0.3, -0.25) is 4.79 Å². The van der Waals surface area contributed by atoms with Gasteiger partial charge in [-0.15, -0.1) is 0 Å². The number of aromatic nitrogens is 2. The van der Waals surface area contributed by atoms with E-state index in [4.69, 9.17) is 14.7 Å². The van der Waals surface area contributed by atoms with E-state index in [0.717, 1.165) is 35.6 Å². The summed E-state index contributed by atoms with van der Waals surface area (Å²) < 4.78 is 5.63. The number of hydrogen-bond donors (Lipinski definition) is 2. The van der Waals surface area contributed by atoms with E-state index in [1.807, 2.05) is 36.1 Å². The summed E-state index contributed by atoms with van der Waals surface area (Å²) in [6.07, 6.45) is 0.740. The number of ether oxygens (including phenoxy) is 1. The van der Waals surface area contributed by atoms with Crippen LogP contribution in [0.1, 0.15) is 32.0 Å². The van der Waals surface area contributed by atoms with Crippen LogP contribution in [0.15, 0.2) is 24.3 Å². The van der Waals surface area contributed by atoms with Gasteiger partial charge in [-0.1, -0.05) is 0 Å². The lowest BCUT2D eigenvalue weighted by molar-refractivity contribution is -0.129. The highest BCUT2D eigenvalue weighted by molar-refractivity contribution is 5.89. The molecule has 1 fully saturated rings. The van der Waals surface area contributed by atoms with Crippen molar-refractivity contribution in [2.24, 2.45) is 0 Å². The third-order valence-electron chi connectivity index (χ3n) is 5.87. The summed E-state index contributed by atoms with van der Waals surface area (Å²) in [4.78, 5) is 37.7. The fraction of sp³-hybridized carbons (Fsp3) is 0.478. The standard InChI is InChI=1S/C23H30N6O3/c1-4-24-23(31)25-18-7-5-17(6-8-18)21-26-20-13-28(16(3)30)10-9-19(20)22(27-21)29-11-12-32-14-15(29)2/h5-8,15H,4,9-14H2,1-3H3,(H2,24,25,31). The Bertz CT molecular complexity index is 994. The number of fused-ring (bicyclic) bond motifs is 1. The summed E-state index contributed by atoms with van der Waals surface area (Å²) in [6.45, 7) is 9.43. The molecule has 1 saturated heterocycles. The zero-order valence-corrected chi connectivity index (χ0v) is 18.9. The minimum absolute atomic E-state index is 0.0536. The molecule has 170 valence electrons. The Balaban J connectivity index is 1.69. The van der Waals surface area contributed by atoms with E-state index in [0.29, 0.717) is 44.4 Å². The molecule has 1 atom stereocenters. The summed E-state index contributed by atoms with van der Waals surface area (Å²) in [5, 5.41) is 5.51. The Labute approximate surface area is 188 Å². The number of rotatable bonds is 4. The lowest BCUT2D eigenvalue weighted by Gasteiger charge is -2.37. The molecule has 0 radical (unpaired) electrons. The maximum atomic E-state index is 12.0. The van der Waals surface area contributed by atoms with Crippen LogP contribution in [0.25, 0.3) is 11.4 Å². The Hall–Kier alpha value is -3.20. The quantitative estimate of drug-likeness (QED) is 0.761. The molecule has 9 nitrogen and oxygen atoms in total. The molecule has 4 rings (SSSR count). The Kier molecular flexibility index (Phi) is 6.55. The summed E-state index contributed by atoms with van der Waals surface area (Å²) in [5.74, 6) is 1.61. The maximum absolute atomic E-state index is 12.0. The first-order valence-electron chi connectivity index (χ1n) is 11.1. The average molecular weight is 439 g/mol. The first-order valence-corrected chi connectivity index (χ1v) is 11.1. The first kappa shape index (κ1) is 22.0. The second kappa shape index (κ2) is 9.52. The summed E-state index contributed by atoms with van der Waals surface area (Å²) in [6, 6.07) is 7.46. The van der Waals surface area contributed by atoms with Gasteiger partial charge in [-0.25, -0.2) is 14.8 Å². The van der Waals surface area contributed by atoms with Crippen LogP contribution < -0.4 is 15.5 Å². The zero-order chi connectivity index (χ0) is 22.7. The van der Waals surface area contributed by atoms with Gasteiger partial charge in [0.1, 0.15) is 5.82 Å². The molecule has 1 unspecified atom stereocenters. The van der Waals surface area contributed by atoms with Crippen molar-refractivity contribution in [2.45, 2.75) is 39.8 Å². The minimum Gasteiger partial charge on any atom is -0.377 e. The largest absolute Gasteiger partial charge is 0.377 e. The van der Waals surface area contributed by atoms with Gasteiger partial charge in [0.05, 0.1) is 31.5 Å². The van der Waals surface area contributed by atoms with Crippen LogP contribution in [0.4, 0.5) is 16.3 Å². The lowest BCUT2D eigenvalue weighted by atomic mass is 10.0. The molecule has 32 heavy (non-hydrogen) atoms. The van der Waals surface area contributed by atoms with E-state index in [1.165, 1.54) is 0 Å². The number of benzene rings is 1. The van der Waals surface area contributed by atoms with Crippen molar-refractivity contribution in [3.8, 4) is 11.4 Å². The monoisotopic (exact) mass is 438 g/mol. The highest BCUT2D eigenvalue weighted by atomic mass is 16.5. The molecule has 0 aliphatic carbocycles. The van der Waals surface area contributed by atoms with Gasteiger partial charge >= 0.3 is 6.03 Å². The van der Waals surface area contributed by atoms with Crippen LogP contribution in [0.5, 0.6) is 0 Å². The molecule has 2 aliphatic rings. The predicted molar refractivity (Wildman–Crippen MR) is 123 cm³/mol. The van der Waals surface area contributed by atoms with E-state index in [-0.39, 0.29) is 18.0 Å². The van der Waals surface area contributed by atoms with Gasteiger partial charge in [0.15, 0.2) is 5.82 Å². The maximum Gasteiger partial charge on any atom is 0.319 e. The molecular weight excluding hydrogens is 408 g/mol. The highest BCUT2D eigenvalue weighted by Crippen LogP contribution is 2.31. The van der Waals surface area contributed by atoms with Gasteiger partial charge in [-0.05, 0) is 44.5 Å². The molecule has 0 saturated carbocycles. The number of anilines is 2. The van der Waals surface area contributed by atoms with Crippen molar-refractivity contribution >= 4 is 23.4 Å². The average Bonchev–Trinajstić information content (AvgIpc) is 2.79. The molecule has 0 spiro atoms. The van der Waals surface area contributed by atoms with Crippen LogP contribution in [-0.4, -0.2) is 65.7 Å². The van der Waals surface area contributed by atoms with Gasteiger partial charge in [0.25, 0.3) is 0 Å². The molecule has 9 heteroatoms. The van der Waals surface area contributed by atoms with E-state index in [9.17, 15) is 9.59 Å². The Morgan fingerprint density at radius 2 is 1.97 bits per heavy atom. The Morgan fingerprint density at radius 1 is 1.19 bits per heavy atom. The number of nitrogens with one attached hydrogen (secondary N) is 2. The fourth-order valence-corrected chi connectivity index (χ4v) is 4.13. The third-order valence-corrected chi connectivity index (χ3v) is 5.87. The zero-order valence-electron chi connectivity index (χ0n) is 18.9. The van der Waals surface area contributed by atoms with Crippen molar-refractivity contribution in [2.75, 3.05) is 43.1 Å². The summed E-state index contributed by atoms with van der Waals surface area (Å²) >= 11 is 0. The normalized spacial score (nSPS) is 18.2. The van der Waals surface area contributed by atoms with Crippen LogP contribution in [0, 0.1) is 0 Å². The molecular formula is C23H30N6O3.